The van der Waals surface area contributed by atoms with E-state index in [0.29, 0.717) is 13.2 Å². The number of ether oxygens (including phenoxy) is 2. The second-order valence-electron chi connectivity index (χ2n) is 2.55. The molecule has 0 spiro atoms. The lowest BCUT2D eigenvalue weighted by Gasteiger charge is -2.21. The number of amides is 1. The molecule has 74 valence electrons. The normalized spacial score (nSPS) is 22.3. The van der Waals surface area contributed by atoms with E-state index in [9.17, 15) is 9.59 Å². The molecule has 1 rings (SSSR count). The van der Waals surface area contributed by atoms with Gasteiger partial charge in [0.15, 0.2) is 6.10 Å². The number of aliphatic carboxylic acids is 1. The van der Waals surface area contributed by atoms with Crippen molar-refractivity contribution in [3.05, 3.63) is 0 Å². The number of rotatable bonds is 3. The smallest absolute Gasteiger partial charge is 0.322 e. The molecule has 1 atom stereocenters. The average molecular weight is 189 g/mol. The van der Waals surface area contributed by atoms with E-state index in [4.69, 9.17) is 14.6 Å². The van der Waals surface area contributed by atoms with Crippen LogP contribution in [0.25, 0.3) is 0 Å². The van der Waals surface area contributed by atoms with Gasteiger partial charge in [0, 0.05) is 0 Å². The quantitative estimate of drug-likeness (QED) is 0.570. The molecule has 1 unspecified atom stereocenters. The third-order valence-electron chi connectivity index (χ3n) is 1.52. The van der Waals surface area contributed by atoms with E-state index in [0.717, 1.165) is 0 Å². The molecule has 0 aromatic rings. The van der Waals surface area contributed by atoms with Gasteiger partial charge in [-0.2, -0.15) is 0 Å². The van der Waals surface area contributed by atoms with E-state index >= 15 is 0 Å². The van der Waals surface area contributed by atoms with Crippen LogP contribution < -0.4 is 5.32 Å². The highest BCUT2D eigenvalue weighted by molar-refractivity contribution is 5.84. The van der Waals surface area contributed by atoms with E-state index < -0.39 is 24.5 Å². The average Bonchev–Trinajstić information content (AvgIpc) is 2.15. The van der Waals surface area contributed by atoms with Gasteiger partial charge in [-0.15, -0.1) is 0 Å². The van der Waals surface area contributed by atoms with Crippen LogP contribution in [-0.4, -0.2) is 49.5 Å². The molecule has 13 heavy (non-hydrogen) atoms. The number of carboxylic acids is 1. The minimum atomic E-state index is -1.08. The Balaban J connectivity index is 2.25. The van der Waals surface area contributed by atoms with Gasteiger partial charge in [-0.05, 0) is 0 Å². The summed E-state index contributed by atoms with van der Waals surface area (Å²) in [6.07, 6.45) is -0.673. The second-order valence-corrected chi connectivity index (χ2v) is 2.55. The molecule has 0 aromatic heterocycles. The minimum Gasteiger partial charge on any atom is -0.480 e. The zero-order valence-corrected chi connectivity index (χ0v) is 6.99. The van der Waals surface area contributed by atoms with E-state index in [1.54, 1.807) is 0 Å². The maximum Gasteiger partial charge on any atom is 0.322 e. The Bertz CT molecular complexity index is 199. The van der Waals surface area contributed by atoms with Crippen LogP contribution >= 0.6 is 0 Å². The van der Waals surface area contributed by atoms with Crippen molar-refractivity contribution >= 4 is 11.9 Å². The molecule has 0 aromatic carbocycles. The predicted molar refractivity (Wildman–Crippen MR) is 41.2 cm³/mol. The molecule has 1 saturated heterocycles. The standard InChI is InChI=1S/C7H11NO5/c9-6(10)3-8-7(11)5-4-12-1-2-13-5/h5H,1-4H2,(H,8,11)(H,9,10). The van der Waals surface area contributed by atoms with Crippen LogP contribution in [0.4, 0.5) is 0 Å². The Morgan fingerprint density at radius 3 is 2.77 bits per heavy atom. The Hall–Kier alpha value is -1.14. The van der Waals surface area contributed by atoms with Gasteiger partial charge in [-0.1, -0.05) is 0 Å². The van der Waals surface area contributed by atoms with E-state index in [-0.39, 0.29) is 6.61 Å². The minimum absolute atomic E-state index is 0.186. The molecular weight excluding hydrogens is 178 g/mol. The van der Waals surface area contributed by atoms with Gasteiger partial charge < -0.3 is 19.9 Å². The fourth-order valence-electron chi connectivity index (χ4n) is 0.916. The van der Waals surface area contributed by atoms with Gasteiger partial charge in [0.2, 0.25) is 0 Å². The van der Waals surface area contributed by atoms with Crippen molar-refractivity contribution < 1.29 is 24.2 Å². The molecule has 0 aliphatic carbocycles. The molecule has 0 bridgehead atoms. The van der Waals surface area contributed by atoms with Gasteiger partial charge in [0.25, 0.3) is 5.91 Å². The fraction of sp³-hybridized carbons (Fsp3) is 0.714. The van der Waals surface area contributed by atoms with E-state index in [2.05, 4.69) is 5.32 Å². The molecular formula is C7H11NO5. The van der Waals surface area contributed by atoms with Gasteiger partial charge in [-0.3, -0.25) is 9.59 Å². The van der Waals surface area contributed by atoms with Crippen molar-refractivity contribution in [2.24, 2.45) is 0 Å². The number of hydrogen-bond donors (Lipinski definition) is 2. The lowest BCUT2D eigenvalue weighted by molar-refractivity contribution is -0.149. The predicted octanol–water partition coefficient (Wildman–Crippen LogP) is -1.40. The van der Waals surface area contributed by atoms with Crippen molar-refractivity contribution in [3.8, 4) is 0 Å². The largest absolute Gasteiger partial charge is 0.480 e. The summed E-state index contributed by atoms with van der Waals surface area (Å²) in [6.45, 7) is 0.637. The number of nitrogens with one attached hydrogen (secondary N) is 1. The van der Waals surface area contributed by atoms with Gasteiger partial charge >= 0.3 is 5.97 Å². The summed E-state index contributed by atoms with van der Waals surface area (Å²) >= 11 is 0. The monoisotopic (exact) mass is 189 g/mol. The Morgan fingerprint density at radius 2 is 2.23 bits per heavy atom. The highest BCUT2D eigenvalue weighted by Crippen LogP contribution is 1.99. The first kappa shape index (κ1) is 9.94. The highest BCUT2D eigenvalue weighted by atomic mass is 16.6. The summed E-state index contributed by atoms with van der Waals surface area (Å²) in [5.41, 5.74) is 0. The summed E-state index contributed by atoms with van der Waals surface area (Å²) in [5, 5.41) is 10.5. The molecule has 6 nitrogen and oxygen atoms in total. The van der Waals surface area contributed by atoms with Gasteiger partial charge in [0.05, 0.1) is 19.8 Å². The molecule has 6 heteroatoms. The lowest BCUT2D eigenvalue weighted by Crippen LogP contribution is -2.44. The molecule has 0 radical (unpaired) electrons. The van der Waals surface area contributed by atoms with Crippen LogP contribution in [0.5, 0.6) is 0 Å². The first-order valence-electron chi connectivity index (χ1n) is 3.89. The van der Waals surface area contributed by atoms with Crippen LogP contribution in [-0.2, 0) is 19.1 Å². The van der Waals surface area contributed by atoms with Crippen molar-refractivity contribution in [1.82, 2.24) is 5.32 Å². The third kappa shape index (κ3) is 3.39. The van der Waals surface area contributed by atoms with E-state index in [1.807, 2.05) is 0 Å². The number of carbonyl (C=O) groups excluding carboxylic acids is 1. The van der Waals surface area contributed by atoms with Crippen molar-refractivity contribution in [2.75, 3.05) is 26.4 Å². The number of carboxylic acid groups (broad SMARTS) is 1. The van der Waals surface area contributed by atoms with Crippen molar-refractivity contribution in [2.45, 2.75) is 6.10 Å². The molecule has 0 saturated carbocycles. The zero-order valence-electron chi connectivity index (χ0n) is 6.99. The Morgan fingerprint density at radius 1 is 1.46 bits per heavy atom. The highest BCUT2D eigenvalue weighted by Gasteiger charge is 2.22. The maximum atomic E-state index is 11.1. The lowest BCUT2D eigenvalue weighted by atomic mass is 10.3. The second kappa shape index (κ2) is 4.78. The van der Waals surface area contributed by atoms with Crippen molar-refractivity contribution in [1.29, 1.82) is 0 Å². The summed E-state index contributed by atoms with van der Waals surface area (Å²) in [6, 6.07) is 0. The molecule has 1 heterocycles. The fourth-order valence-corrected chi connectivity index (χ4v) is 0.916. The Labute approximate surface area is 74.8 Å². The molecule has 1 aliphatic heterocycles. The summed E-state index contributed by atoms with van der Waals surface area (Å²) < 4.78 is 10.0. The summed E-state index contributed by atoms with van der Waals surface area (Å²) in [4.78, 5) is 21.2. The van der Waals surface area contributed by atoms with Crippen LogP contribution in [0.15, 0.2) is 0 Å². The first-order valence-corrected chi connectivity index (χ1v) is 3.89. The SMILES string of the molecule is O=C(O)CNC(=O)C1COCCO1. The molecule has 1 aliphatic rings. The maximum absolute atomic E-state index is 11.1. The third-order valence-corrected chi connectivity index (χ3v) is 1.52. The Kier molecular flexibility index (Phi) is 3.66. The van der Waals surface area contributed by atoms with Gasteiger partial charge in [-0.25, -0.2) is 0 Å². The van der Waals surface area contributed by atoms with Gasteiger partial charge in [0.1, 0.15) is 6.54 Å². The van der Waals surface area contributed by atoms with E-state index in [1.165, 1.54) is 0 Å². The molecule has 1 amide bonds. The molecule has 2 N–H and O–H groups in total. The van der Waals surface area contributed by atoms with Crippen molar-refractivity contribution in [3.63, 3.8) is 0 Å². The summed E-state index contributed by atoms with van der Waals surface area (Å²) in [5.74, 6) is -1.52. The zero-order chi connectivity index (χ0) is 9.68. The number of hydrogen-bond acceptors (Lipinski definition) is 4. The first-order chi connectivity index (χ1) is 6.20. The van der Waals surface area contributed by atoms with Crippen LogP contribution in [0.2, 0.25) is 0 Å². The van der Waals surface area contributed by atoms with Crippen LogP contribution in [0.1, 0.15) is 0 Å². The number of carbonyl (C=O) groups is 2. The van der Waals surface area contributed by atoms with Crippen LogP contribution in [0.3, 0.4) is 0 Å². The van der Waals surface area contributed by atoms with Crippen LogP contribution in [0, 0.1) is 0 Å². The summed E-state index contributed by atoms with van der Waals surface area (Å²) in [7, 11) is 0. The topological polar surface area (TPSA) is 84.9 Å². The molecule has 1 fully saturated rings.